The van der Waals surface area contributed by atoms with Crippen LogP contribution >= 0.6 is 11.6 Å². The maximum atomic E-state index is 11.3. The molecule has 0 aromatic heterocycles. The van der Waals surface area contributed by atoms with Gasteiger partial charge in [-0.15, -0.1) is 0 Å². The van der Waals surface area contributed by atoms with Gasteiger partial charge in [-0.3, -0.25) is 4.99 Å². The average molecular weight is 380 g/mol. The fraction of sp³-hybridized carbons (Fsp3) is 0.278. The highest BCUT2D eigenvalue weighted by molar-refractivity contribution is 7.89. The maximum Gasteiger partial charge on any atom is 0.191 e. The SMILES string of the molecule is CN=C(NCc1ccc(CS(C)(=O)=O)cc1)NCc1ccccc1Cl. The number of rotatable bonds is 6. The summed E-state index contributed by atoms with van der Waals surface area (Å²) < 4.78 is 22.6. The van der Waals surface area contributed by atoms with Gasteiger partial charge in [-0.25, -0.2) is 8.42 Å². The number of aliphatic imine (C=N–C) groups is 1. The molecular formula is C18H22ClN3O2S. The minimum atomic E-state index is -3.01. The van der Waals surface area contributed by atoms with Crippen molar-refractivity contribution in [1.29, 1.82) is 0 Å². The van der Waals surface area contributed by atoms with E-state index >= 15 is 0 Å². The van der Waals surface area contributed by atoms with Gasteiger partial charge in [0, 0.05) is 31.4 Å². The van der Waals surface area contributed by atoms with Gasteiger partial charge in [0.25, 0.3) is 0 Å². The number of benzene rings is 2. The van der Waals surface area contributed by atoms with E-state index in [1.807, 2.05) is 48.5 Å². The van der Waals surface area contributed by atoms with E-state index in [-0.39, 0.29) is 5.75 Å². The topological polar surface area (TPSA) is 70.6 Å². The van der Waals surface area contributed by atoms with Crippen LogP contribution in [0.5, 0.6) is 0 Å². The Morgan fingerprint density at radius 2 is 1.60 bits per heavy atom. The van der Waals surface area contributed by atoms with Crippen molar-refractivity contribution < 1.29 is 8.42 Å². The van der Waals surface area contributed by atoms with Crippen LogP contribution < -0.4 is 10.6 Å². The van der Waals surface area contributed by atoms with E-state index in [0.717, 1.165) is 16.7 Å². The Bertz CT molecular complexity index is 834. The molecule has 0 spiro atoms. The van der Waals surface area contributed by atoms with Crippen LogP contribution in [0.1, 0.15) is 16.7 Å². The van der Waals surface area contributed by atoms with Crippen molar-refractivity contribution in [3.63, 3.8) is 0 Å². The van der Waals surface area contributed by atoms with Gasteiger partial charge in [0.1, 0.15) is 0 Å². The third-order valence-electron chi connectivity index (χ3n) is 3.54. The van der Waals surface area contributed by atoms with E-state index in [1.165, 1.54) is 6.26 Å². The second kappa shape index (κ2) is 8.87. The Morgan fingerprint density at radius 1 is 1.00 bits per heavy atom. The van der Waals surface area contributed by atoms with Crippen molar-refractivity contribution in [3.05, 3.63) is 70.2 Å². The van der Waals surface area contributed by atoms with Gasteiger partial charge in [-0.2, -0.15) is 0 Å². The van der Waals surface area contributed by atoms with Gasteiger partial charge in [0.15, 0.2) is 15.8 Å². The second-order valence-electron chi connectivity index (χ2n) is 5.76. The molecule has 2 rings (SSSR count). The molecule has 0 saturated heterocycles. The van der Waals surface area contributed by atoms with E-state index in [0.29, 0.717) is 24.1 Å². The molecule has 0 fully saturated rings. The highest BCUT2D eigenvalue weighted by Gasteiger charge is 2.05. The summed E-state index contributed by atoms with van der Waals surface area (Å²) >= 11 is 6.14. The first-order valence-corrected chi connectivity index (χ1v) is 10.2. The summed E-state index contributed by atoms with van der Waals surface area (Å²) in [5.41, 5.74) is 2.82. The monoisotopic (exact) mass is 379 g/mol. The Labute approximate surface area is 154 Å². The Morgan fingerprint density at radius 3 is 2.20 bits per heavy atom. The number of hydrogen-bond donors (Lipinski definition) is 2. The Kier molecular flexibility index (Phi) is 6.84. The zero-order chi connectivity index (χ0) is 18.3. The summed E-state index contributed by atoms with van der Waals surface area (Å²) in [6.45, 7) is 1.16. The molecule has 2 aromatic rings. The van der Waals surface area contributed by atoms with Crippen molar-refractivity contribution in [2.45, 2.75) is 18.8 Å². The first-order valence-electron chi connectivity index (χ1n) is 7.81. The highest BCUT2D eigenvalue weighted by Crippen LogP contribution is 2.14. The van der Waals surface area contributed by atoms with E-state index in [9.17, 15) is 8.42 Å². The van der Waals surface area contributed by atoms with Crippen LogP contribution in [0.2, 0.25) is 5.02 Å². The number of nitrogens with zero attached hydrogens (tertiary/aromatic N) is 1. The molecule has 0 unspecified atom stereocenters. The third-order valence-corrected chi connectivity index (χ3v) is 4.77. The van der Waals surface area contributed by atoms with E-state index in [2.05, 4.69) is 15.6 Å². The first-order chi connectivity index (χ1) is 11.9. The van der Waals surface area contributed by atoms with Crippen molar-refractivity contribution in [2.24, 2.45) is 4.99 Å². The summed E-state index contributed by atoms with van der Waals surface area (Å²) in [4.78, 5) is 4.19. The number of nitrogens with one attached hydrogen (secondary N) is 2. The van der Waals surface area contributed by atoms with Crippen molar-refractivity contribution in [2.75, 3.05) is 13.3 Å². The lowest BCUT2D eigenvalue weighted by atomic mass is 10.1. The predicted molar refractivity (Wildman–Crippen MR) is 103 cm³/mol. The fourth-order valence-electron chi connectivity index (χ4n) is 2.28. The molecule has 0 radical (unpaired) electrons. The molecule has 5 nitrogen and oxygen atoms in total. The van der Waals surface area contributed by atoms with Crippen LogP contribution in [0.4, 0.5) is 0 Å². The smallest absolute Gasteiger partial charge is 0.191 e. The molecule has 0 aliphatic heterocycles. The molecule has 0 saturated carbocycles. The molecule has 7 heteroatoms. The van der Waals surface area contributed by atoms with Crippen LogP contribution in [0.3, 0.4) is 0 Å². The van der Waals surface area contributed by atoms with Gasteiger partial charge < -0.3 is 10.6 Å². The number of hydrogen-bond acceptors (Lipinski definition) is 3. The van der Waals surface area contributed by atoms with E-state index < -0.39 is 9.84 Å². The molecule has 0 aliphatic carbocycles. The van der Waals surface area contributed by atoms with Crippen molar-refractivity contribution >= 4 is 27.4 Å². The molecule has 0 atom stereocenters. The molecule has 2 aromatic carbocycles. The highest BCUT2D eigenvalue weighted by atomic mass is 35.5. The van der Waals surface area contributed by atoms with Gasteiger partial charge >= 0.3 is 0 Å². The number of sulfone groups is 1. The molecule has 2 N–H and O–H groups in total. The quantitative estimate of drug-likeness (QED) is 0.598. The zero-order valence-corrected chi connectivity index (χ0v) is 15.9. The summed E-state index contributed by atoms with van der Waals surface area (Å²) in [7, 11) is -1.31. The second-order valence-corrected chi connectivity index (χ2v) is 8.30. The lowest BCUT2D eigenvalue weighted by molar-refractivity contribution is 0.601. The van der Waals surface area contributed by atoms with Crippen LogP contribution in [0.15, 0.2) is 53.5 Å². The standard InChI is InChI=1S/C18H22ClN3O2S/c1-20-18(22-12-16-5-3-4-6-17(16)19)21-11-14-7-9-15(10-8-14)13-25(2,23)24/h3-10H,11-13H2,1-2H3,(H2,20,21,22). The number of guanidine groups is 1. The minimum absolute atomic E-state index is 0.0573. The fourth-order valence-corrected chi connectivity index (χ4v) is 3.28. The van der Waals surface area contributed by atoms with Gasteiger partial charge in [0.05, 0.1) is 5.75 Å². The van der Waals surface area contributed by atoms with Crippen LogP contribution in [0, 0.1) is 0 Å². The molecule has 0 heterocycles. The van der Waals surface area contributed by atoms with Crippen LogP contribution in [-0.2, 0) is 28.7 Å². The maximum absolute atomic E-state index is 11.3. The first kappa shape index (κ1) is 19.3. The summed E-state index contributed by atoms with van der Waals surface area (Å²) in [5.74, 6) is 0.724. The molecule has 25 heavy (non-hydrogen) atoms. The molecule has 134 valence electrons. The lowest BCUT2D eigenvalue weighted by Gasteiger charge is -2.13. The third kappa shape index (κ3) is 6.76. The van der Waals surface area contributed by atoms with Gasteiger partial charge in [-0.1, -0.05) is 54.1 Å². The van der Waals surface area contributed by atoms with E-state index in [1.54, 1.807) is 7.05 Å². The predicted octanol–water partition coefficient (Wildman–Crippen LogP) is 2.75. The molecule has 0 amide bonds. The summed E-state index contributed by atoms with van der Waals surface area (Å²) in [5, 5.41) is 7.15. The summed E-state index contributed by atoms with van der Waals surface area (Å²) in [6.07, 6.45) is 1.23. The van der Waals surface area contributed by atoms with Crippen LogP contribution in [0.25, 0.3) is 0 Å². The van der Waals surface area contributed by atoms with Gasteiger partial charge in [0.2, 0.25) is 0 Å². The Hall–Kier alpha value is -2.05. The molecule has 0 aliphatic rings. The molecule has 0 bridgehead atoms. The van der Waals surface area contributed by atoms with Gasteiger partial charge in [-0.05, 0) is 22.8 Å². The van der Waals surface area contributed by atoms with E-state index in [4.69, 9.17) is 11.6 Å². The largest absolute Gasteiger partial charge is 0.352 e. The average Bonchev–Trinajstić information content (AvgIpc) is 2.56. The number of halogens is 1. The normalized spacial score (nSPS) is 12.0. The van der Waals surface area contributed by atoms with Crippen molar-refractivity contribution in [1.82, 2.24) is 10.6 Å². The van der Waals surface area contributed by atoms with Crippen molar-refractivity contribution in [3.8, 4) is 0 Å². The zero-order valence-electron chi connectivity index (χ0n) is 14.3. The molecular weight excluding hydrogens is 358 g/mol. The minimum Gasteiger partial charge on any atom is -0.352 e. The van der Waals surface area contributed by atoms with Crippen LogP contribution in [-0.4, -0.2) is 27.7 Å². The summed E-state index contributed by atoms with van der Waals surface area (Å²) in [6, 6.07) is 15.1. The lowest BCUT2D eigenvalue weighted by Crippen LogP contribution is -2.36. The Balaban J connectivity index is 1.87.